The number of hydrogen-bond acceptors (Lipinski definition) is 3. The van der Waals surface area contributed by atoms with Crippen LogP contribution in [0.2, 0.25) is 0 Å². The van der Waals surface area contributed by atoms with Crippen LogP contribution in [0.4, 0.5) is 0 Å². The number of ether oxygens (including phenoxy) is 1. The molecule has 21 heavy (non-hydrogen) atoms. The maximum Gasteiger partial charge on any atom is 0.122 e. The second-order valence-electron chi connectivity index (χ2n) is 5.76. The second kappa shape index (κ2) is 8.40. The number of hydrogen-bond donors (Lipinski definition) is 1. The molecular weight excluding hydrogens is 260 g/mol. The summed E-state index contributed by atoms with van der Waals surface area (Å²) in [4.78, 5) is 2.48. The molecule has 0 aromatic heterocycles. The Morgan fingerprint density at radius 1 is 1.24 bits per heavy atom. The van der Waals surface area contributed by atoms with E-state index in [2.05, 4.69) is 49.2 Å². The van der Waals surface area contributed by atoms with Crippen molar-refractivity contribution in [1.29, 1.82) is 0 Å². The van der Waals surface area contributed by atoms with Crippen LogP contribution in [0.15, 0.2) is 18.2 Å². The molecule has 1 unspecified atom stereocenters. The van der Waals surface area contributed by atoms with E-state index in [-0.39, 0.29) is 0 Å². The van der Waals surface area contributed by atoms with Crippen LogP contribution in [0.25, 0.3) is 0 Å². The third-order valence-electron chi connectivity index (χ3n) is 4.46. The minimum atomic E-state index is 0.465. The molecule has 0 fully saturated rings. The zero-order valence-corrected chi connectivity index (χ0v) is 13.8. The van der Waals surface area contributed by atoms with Gasteiger partial charge in [-0.2, -0.15) is 0 Å². The van der Waals surface area contributed by atoms with Gasteiger partial charge in [0, 0.05) is 12.5 Å². The molecule has 0 aliphatic carbocycles. The molecule has 1 N–H and O–H groups in total. The molecule has 3 nitrogen and oxygen atoms in total. The van der Waals surface area contributed by atoms with Gasteiger partial charge >= 0.3 is 0 Å². The number of rotatable bonds is 9. The molecule has 0 amide bonds. The van der Waals surface area contributed by atoms with Gasteiger partial charge in [0.15, 0.2) is 0 Å². The average Bonchev–Trinajstić information content (AvgIpc) is 2.98. The zero-order valence-electron chi connectivity index (χ0n) is 13.8. The molecule has 1 aliphatic rings. The van der Waals surface area contributed by atoms with Gasteiger partial charge in [0.2, 0.25) is 0 Å². The van der Waals surface area contributed by atoms with Crippen LogP contribution >= 0.6 is 0 Å². The monoisotopic (exact) mass is 290 g/mol. The number of fused-ring (bicyclic) bond motifs is 1. The highest BCUT2D eigenvalue weighted by molar-refractivity contribution is 5.40. The van der Waals surface area contributed by atoms with Crippen molar-refractivity contribution in [1.82, 2.24) is 10.2 Å². The van der Waals surface area contributed by atoms with Gasteiger partial charge in [-0.05, 0) is 56.2 Å². The van der Waals surface area contributed by atoms with Crippen LogP contribution in [-0.2, 0) is 6.42 Å². The third kappa shape index (κ3) is 4.45. The van der Waals surface area contributed by atoms with Gasteiger partial charge in [-0.15, -0.1) is 0 Å². The van der Waals surface area contributed by atoms with Gasteiger partial charge in [-0.3, -0.25) is 0 Å². The fraction of sp³-hybridized carbons (Fsp3) is 0.667. The van der Waals surface area contributed by atoms with E-state index in [4.69, 9.17) is 4.74 Å². The standard InChI is InChI=1S/C18H30N2O/c1-4-17(19-11-7-12-20(5-2)6-3)15-8-9-18-16(14-15)10-13-21-18/h8-9,14,17,19H,4-7,10-13H2,1-3H3. The summed E-state index contributed by atoms with van der Waals surface area (Å²) in [5, 5.41) is 3.71. The molecule has 1 atom stereocenters. The lowest BCUT2D eigenvalue weighted by Gasteiger charge is -2.21. The molecule has 0 bridgehead atoms. The molecule has 2 rings (SSSR count). The molecule has 118 valence electrons. The zero-order chi connectivity index (χ0) is 15.1. The Labute approximate surface area is 129 Å². The van der Waals surface area contributed by atoms with E-state index in [1.54, 1.807) is 0 Å². The van der Waals surface area contributed by atoms with Crippen molar-refractivity contribution in [2.75, 3.05) is 32.8 Å². The van der Waals surface area contributed by atoms with Crippen molar-refractivity contribution in [2.45, 2.75) is 46.1 Å². The highest BCUT2D eigenvalue weighted by Gasteiger charge is 2.15. The van der Waals surface area contributed by atoms with Crippen LogP contribution in [0.5, 0.6) is 5.75 Å². The number of benzene rings is 1. The van der Waals surface area contributed by atoms with Crippen molar-refractivity contribution in [3.8, 4) is 5.75 Å². The molecule has 1 aliphatic heterocycles. The van der Waals surface area contributed by atoms with Crippen molar-refractivity contribution in [2.24, 2.45) is 0 Å². The highest BCUT2D eigenvalue weighted by atomic mass is 16.5. The first-order valence-electron chi connectivity index (χ1n) is 8.49. The smallest absolute Gasteiger partial charge is 0.122 e. The van der Waals surface area contributed by atoms with E-state index >= 15 is 0 Å². The number of nitrogens with one attached hydrogen (secondary N) is 1. The third-order valence-corrected chi connectivity index (χ3v) is 4.46. The Hall–Kier alpha value is -1.06. The maximum absolute atomic E-state index is 5.59. The molecule has 1 heterocycles. The van der Waals surface area contributed by atoms with E-state index in [0.717, 1.165) is 44.8 Å². The summed E-state index contributed by atoms with van der Waals surface area (Å²) in [5.74, 6) is 1.08. The summed E-state index contributed by atoms with van der Waals surface area (Å²) in [6.07, 6.45) is 3.40. The lowest BCUT2D eigenvalue weighted by atomic mass is 10.0. The normalized spacial score (nSPS) is 15.0. The van der Waals surface area contributed by atoms with Gasteiger partial charge < -0.3 is 15.0 Å². The van der Waals surface area contributed by atoms with E-state index < -0.39 is 0 Å². The van der Waals surface area contributed by atoms with Gasteiger partial charge in [0.05, 0.1) is 6.61 Å². The summed E-state index contributed by atoms with van der Waals surface area (Å²) in [5.41, 5.74) is 2.78. The second-order valence-corrected chi connectivity index (χ2v) is 5.76. The van der Waals surface area contributed by atoms with Crippen LogP contribution < -0.4 is 10.1 Å². The summed E-state index contributed by atoms with van der Waals surface area (Å²) in [7, 11) is 0. The van der Waals surface area contributed by atoms with Crippen molar-refractivity contribution in [3.63, 3.8) is 0 Å². The Kier molecular flexibility index (Phi) is 6.52. The number of nitrogens with zero attached hydrogens (tertiary/aromatic N) is 1. The summed E-state index contributed by atoms with van der Waals surface area (Å²) in [6, 6.07) is 7.15. The largest absolute Gasteiger partial charge is 0.493 e. The Balaban J connectivity index is 1.83. The Bertz CT molecular complexity index is 429. The first-order valence-corrected chi connectivity index (χ1v) is 8.49. The quantitative estimate of drug-likeness (QED) is 0.706. The van der Waals surface area contributed by atoms with Gasteiger partial charge in [0.25, 0.3) is 0 Å². The lowest BCUT2D eigenvalue weighted by molar-refractivity contribution is 0.295. The fourth-order valence-corrected chi connectivity index (χ4v) is 3.04. The van der Waals surface area contributed by atoms with Gasteiger partial charge in [0.1, 0.15) is 5.75 Å². The van der Waals surface area contributed by atoms with Gasteiger partial charge in [-0.1, -0.05) is 32.9 Å². The Morgan fingerprint density at radius 2 is 2.05 bits per heavy atom. The van der Waals surface area contributed by atoms with Crippen molar-refractivity contribution < 1.29 is 4.74 Å². The molecule has 1 aromatic rings. The fourth-order valence-electron chi connectivity index (χ4n) is 3.04. The molecule has 0 saturated carbocycles. The van der Waals surface area contributed by atoms with Crippen molar-refractivity contribution >= 4 is 0 Å². The van der Waals surface area contributed by atoms with Crippen LogP contribution in [0, 0.1) is 0 Å². The van der Waals surface area contributed by atoms with E-state index in [9.17, 15) is 0 Å². The molecule has 1 aromatic carbocycles. The predicted octanol–water partition coefficient (Wildman–Crippen LogP) is 3.39. The minimum Gasteiger partial charge on any atom is -0.493 e. The van der Waals surface area contributed by atoms with Crippen LogP contribution in [-0.4, -0.2) is 37.7 Å². The molecule has 3 heteroatoms. The van der Waals surface area contributed by atoms with E-state index in [1.165, 1.54) is 24.1 Å². The summed E-state index contributed by atoms with van der Waals surface area (Å²) < 4.78 is 5.59. The first-order chi connectivity index (χ1) is 10.3. The molecular formula is C18H30N2O. The lowest BCUT2D eigenvalue weighted by Crippen LogP contribution is -2.28. The molecule has 0 saturated heterocycles. The summed E-state index contributed by atoms with van der Waals surface area (Å²) in [6.45, 7) is 12.1. The summed E-state index contributed by atoms with van der Waals surface area (Å²) >= 11 is 0. The average molecular weight is 290 g/mol. The van der Waals surface area contributed by atoms with E-state index in [1.807, 2.05) is 0 Å². The Morgan fingerprint density at radius 3 is 2.76 bits per heavy atom. The SMILES string of the molecule is CCC(NCCCN(CC)CC)c1ccc2c(c1)CCO2. The topological polar surface area (TPSA) is 24.5 Å². The van der Waals surface area contributed by atoms with Gasteiger partial charge in [-0.25, -0.2) is 0 Å². The van der Waals surface area contributed by atoms with E-state index in [0.29, 0.717) is 6.04 Å². The maximum atomic E-state index is 5.59. The highest BCUT2D eigenvalue weighted by Crippen LogP contribution is 2.29. The first kappa shape index (κ1) is 16.3. The molecule has 0 spiro atoms. The minimum absolute atomic E-state index is 0.465. The molecule has 0 radical (unpaired) electrons. The van der Waals surface area contributed by atoms with Crippen LogP contribution in [0.1, 0.15) is 50.8 Å². The van der Waals surface area contributed by atoms with Crippen LogP contribution in [0.3, 0.4) is 0 Å². The predicted molar refractivity (Wildman–Crippen MR) is 89.1 cm³/mol. The van der Waals surface area contributed by atoms with Crippen molar-refractivity contribution in [3.05, 3.63) is 29.3 Å².